The van der Waals surface area contributed by atoms with E-state index in [-0.39, 0.29) is 22.6 Å². The van der Waals surface area contributed by atoms with Crippen LogP contribution in [0.4, 0.5) is 15.9 Å². The van der Waals surface area contributed by atoms with Crippen LogP contribution in [0.1, 0.15) is 22.8 Å². The number of aromatic nitrogens is 1. The second kappa shape index (κ2) is 9.27. The van der Waals surface area contributed by atoms with E-state index in [4.69, 9.17) is 9.47 Å². The van der Waals surface area contributed by atoms with E-state index in [1.165, 1.54) is 55.0 Å². The minimum absolute atomic E-state index is 0.101. The van der Waals surface area contributed by atoms with Gasteiger partial charge in [-0.2, -0.15) is 0 Å². The fourth-order valence-corrected chi connectivity index (χ4v) is 2.81. The molecule has 0 unspecified atom stereocenters. The molecule has 0 aliphatic rings. The molecule has 2 aromatic rings. The molecule has 0 atom stereocenters. The topological polar surface area (TPSA) is 69.6 Å². The number of nitrogens with one attached hydrogen (secondary N) is 1. The van der Waals surface area contributed by atoms with Crippen molar-refractivity contribution in [3.63, 3.8) is 0 Å². The number of hydrogen-bond acceptors (Lipinski definition) is 6. The standard InChI is InChI=1S/C19H21FN2O4S/c1-5-26-9-8-12-10-16(23)22(2)18(17(12)19(24)25-3)21-15-7-6-13(27-4)11-14(15)20/h6-11,21H,5H2,1-4H3/b9-8-. The third-order valence-electron chi connectivity index (χ3n) is 3.80. The molecule has 0 amide bonds. The number of ether oxygens (including phenoxy) is 2. The number of pyridine rings is 1. The van der Waals surface area contributed by atoms with Crippen molar-refractivity contribution in [2.24, 2.45) is 7.05 Å². The molecule has 0 fully saturated rings. The summed E-state index contributed by atoms with van der Waals surface area (Å²) in [5, 5.41) is 2.85. The van der Waals surface area contributed by atoms with Crippen molar-refractivity contribution >= 4 is 35.3 Å². The van der Waals surface area contributed by atoms with Crippen molar-refractivity contribution in [3.05, 3.63) is 57.8 Å². The molecule has 0 spiro atoms. The summed E-state index contributed by atoms with van der Waals surface area (Å²) in [7, 11) is 2.72. The second-order valence-corrected chi connectivity index (χ2v) is 6.32. The molecule has 0 saturated heterocycles. The van der Waals surface area contributed by atoms with Crippen LogP contribution in [0.15, 0.2) is 40.2 Å². The fourth-order valence-electron chi connectivity index (χ4n) is 2.38. The van der Waals surface area contributed by atoms with E-state index in [9.17, 15) is 14.0 Å². The average molecular weight is 392 g/mol. The van der Waals surface area contributed by atoms with Crippen molar-refractivity contribution in [1.29, 1.82) is 0 Å². The first-order chi connectivity index (χ1) is 12.9. The van der Waals surface area contributed by atoms with Crippen molar-refractivity contribution in [2.45, 2.75) is 11.8 Å². The smallest absolute Gasteiger partial charge is 0.342 e. The van der Waals surface area contributed by atoms with Crippen LogP contribution in [0.3, 0.4) is 0 Å². The van der Waals surface area contributed by atoms with Crippen LogP contribution in [-0.2, 0) is 16.5 Å². The Kier molecular flexibility index (Phi) is 7.06. The van der Waals surface area contributed by atoms with Crippen LogP contribution in [0.2, 0.25) is 0 Å². The molecule has 0 saturated carbocycles. The SMILES string of the molecule is CCO/C=C\c1cc(=O)n(C)c(Nc2ccc(SC)cc2F)c1C(=O)OC. The molecule has 0 radical (unpaired) electrons. The van der Waals surface area contributed by atoms with Crippen molar-refractivity contribution in [1.82, 2.24) is 4.57 Å². The fraction of sp³-hybridized carbons (Fsp3) is 0.263. The number of benzene rings is 1. The molecule has 27 heavy (non-hydrogen) atoms. The lowest BCUT2D eigenvalue weighted by molar-refractivity contribution is 0.0601. The van der Waals surface area contributed by atoms with Crippen LogP contribution < -0.4 is 10.9 Å². The van der Waals surface area contributed by atoms with Gasteiger partial charge < -0.3 is 14.8 Å². The van der Waals surface area contributed by atoms with Gasteiger partial charge in [-0.1, -0.05) is 0 Å². The van der Waals surface area contributed by atoms with Crippen LogP contribution >= 0.6 is 11.8 Å². The molecule has 1 heterocycles. The first-order valence-corrected chi connectivity index (χ1v) is 9.36. The van der Waals surface area contributed by atoms with Crippen LogP contribution in [0.5, 0.6) is 0 Å². The van der Waals surface area contributed by atoms with E-state index >= 15 is 0 Å². The highest BCUT2D eigenvalue weighted by molar-refractivity contribution is 7.98. The summed E-state index contributed by atoms with van der Waals surface area (Å²) in [6.45, 7) is 2.25. The second-order valence-electron chi connectivity index (χ2n) is 5.44. The number of carbonyl (C=O) groups excluding carboxylic acids is 1. The normalized spacial score (nSPS) is 10.9. The molecule has 1 N–H and O–H groups in total. The van der Waals surface area contributed by atoms with Crippen molar-refractivity contribution < 1.29 is 18.7 Å². The quantitative estimate of drug-likeness (QED) is 0.439. The van der Waals surface area contributed by atoms with E-state index in [1.807, 2.05) is 13.2 Å². The van der Waals surface area contributed by atoms with E-state index < -0.39 is 11.8 Å². The minimum Gasteiger partial charge on any atom is -0.501 e. The van der Waals surface area contributed by atoms with E-state index in [1.54, 1.807) is 12.1 Å². The van der Waals surface area contributed by atoms with E-state index in [2.05, 4.69) is 5.32 Å². The Hall–Kier alpha value is -2.74. The van der Waals surface area contributed by atoms with Crippen LogP contribution in [0.25, 0.3) is 6.08 Å². The molecule has 6 nitrogen and oxygen atoms in total. The predicted molar refractivity (Wildman–Crippen MR) is 105 cm³/mol. The van der Waals surface area contributed by atoms with Gasteiger partial charge in [0.05, 0.1) is 25.7 Å². The number of halogens is 1. The van der Waals surface area contributed by atoms with Gasteiger partial charge in [-0.15, -0.1) is 11.8 Å². The molecule has 144 valence electrons. The molecule has 0 aliphatic heterocycles. The van der Waals surface area contributed by atoms with Gasteiger partial charge in [-0.3, -0.25) is 9.36 Å². The molecule has 8 heteroatoms. The van der Waals surface area contributed by atoms with Crippen LogP contribution in [0, 0.1) is 5.82 Å². The van der Waals surface area contributed by atoms with Gasteiger partial charge in [0, 0.05) is 23.6 Å². The summed E-state index contributed by atoms with van der Waals surface area (Å²) in [5.41, 5.74) is 0.173. The summed E-state index contributed by atoms with van der Waals surface area (Å²) in [5.74, 6) is -1.04. The predicted octanol–water partition coefficient (Wildman–Crippen LogP) is 3.78. The molecule has 2 rings (SSSR count). The zero-order chi connectivity index (χ0) is 20.0. The number of esters is 1. The highest BCUT2D eigenvalue weighted by Gasteiger charge is 2.21. The molecule has 1 aromatic carbocycles. The summed E-state index contributed by atoms with van der Waals surface area (Å²) >= 11 is 1.41. The third kappa shape index (κ3) is 4.71. The maximum atomic E-state index is 14.4. The van der Waals surface area contributed by atoms with Crippen LogP contribution in [-0.4, -0.2) is 30.5 Å². The summed E-state index contributed by atoms with van der Waals surface area (Å²) < 4.78 is 25.6. The number of carbonyl (C=O) groups is 1. The van der Waals surface area contributed by atoms with Gasteiger partial charge in [0.1, 0.15) is 17.2 Å². The Morgan fingerprint density at radius 2 is 2.11 bits per heavy atom. The third-order valence-corrected chi connectivity index (χ3v) is 4.53. The first kappa shape index (κ1) is 20.6. The van der Waals surface area contributed by atoms with Gasteiger partial charge in [0.2, 0.25) is 0 Å². The van der Waals surface area contributed by atoms with Gasteiger partial charge >= 0.3 is 5.97 Å². The number of hydrogen-bond donors (Lipinski definition) is 1. The lowest BCUT2D eigenvalue weighted by Crippen LogP contribution is -2.24. The minimum atomic E-state index is -0.662. The van der Waals surface area contributed by atoms with Crippen molar-refractivity contribution in [3.8, 4) is 0 Å². The molecule has 0 aliphatic carbocycles. The molecule has 1 aromatic heterocycles. The zero-order valence-electron chi connectivity index (χ0n) is 15.5. The Morgan fingerprint density at radius 1 is 1.37 bits per heavy atom. The maximum absolute atomic E-state index is 14.4. The van der Waals surface area contributed by atoms with Gasteiger partial charge in [0.25, 0.3) is 5.56 Å². The summed E-state index contributed by atoms with van der Waals surface area (Å²) in [6.07, 6.45) is 4.73. The Labute approximate surface area is 161 Å². The molecular weight excluding hydrogens is 371 g/mol. The number of methoxy groups -OCH3 is 1. The summed E-state index contributed by atoms with van der Waals surface area (Å²) in [6, 6.07) is 5.96. The monoisotopic (exact) mass is 392 g/mol. The number of anilines is 2. The molecular formula is C19H21FN2O4S. The van der Waals surface area contributed by atoms with E-state index in [0.29, 0.717) is 12.2 Å². The maximum Gasteiger partial charge on any atom is 0.342 e. The first-order valence-electron chi connectivity index (χ1n) is 8.14. The highest BCUT2D eigenvalue weighted by Crippen LogP contribution is 2.28. The zero-order valence-corrected chi connectivity index (χ0v) is 16.4. The molecule has 0 bridgehead atoms. The lowest BCUT2D eigenvalue weighted by atomic mass is 10.1. The largest absolute Gasteiger partial charge is 0.501 e. The summed E-state index contributed by atoms with van der Waals surface area (Å²) in [4.78, 5) is 25.5. The Balaban J connectivity index is 2.62. The van der Waals surface area contributed by atoms with Crippen molar-refractivity contribution in [2.75, 3.05) is 25.3 Å². The Bertz CT molecular complexity index is 925. The van der Waals surface area contributed by atoms with Gasteiger partial charge in [-0.05, 0) is 37.5 Å². The number of nitrogens with zero attached hydrogens (tertiary/aromatic N) is 1. The van der Waals surface area contributed by atoms with Gasteiger partial charge in [0.15, 0.2) is 0 Å². The number of rotatable bonds is 7. The lowest BCUT2D eigenvalue weighted by Gasteiger charge is -2.17. The highest BCUT2D eigenvalue weighted by atomic mass is 32.2. The number of thioether (sulfide) groups is 1. The average Bonchev–Trinajstić information content (AvgIpc) is 2.66. The van der Waals surface area contributed by atoms with E-state index in [0.717, 1.165) is 4.90 Å². The Morgan fingerprint density at radius 3 is 2.70 bits per heavy atom. The van der Waals surface area contributed by atoms with Gasteiger partial charge in [-0.25, -0.2) is 9.18 Å².